The number of carbonyl (C=O) groups is 2. The largest absolute Gasteiger partial charge is 0.422 e. The zero-order valence-corrected chi connectivity index (χ0v) is 13.6. The minimum absolute atomic E-state index is 0.0569. The topological polar surface area (TPSA) is 75.7 Å². The Morgan fingerprint density at radius 1 is 1.42 bits per heavy atom. The van der Waals surface area contributed by atoms with Gasteiger partial charge < -0.3 is 10.1 Å². The third kappa shape index (κ3) is 4.05. The molecule has 1 N–H and O–H groups in total. The van der Waals surface area contributed by atoms with Gasteiger partial charge in [-0.2, -0.15) is 13.2 Å². The van der Waals surface area contributed by atoms with E-state index < -0.39 is 40.0 Å². The Morgan fingerprint density at radius 2 is 2.08 bits per heavy atom. The Bertz CT molecular complexity index is 678. The molecule has 0 saturated carbocycles. The van der Waals surface area contributed by atoms with Crippen LogP contribution in [-0.2, 0) is 26.5 Å². The number of alkyl carbamates (subject to hydrolysis) is 1. The van der Waals surface area contributed by atoms with Crippen molar-refractivity contribution in [1.82, 2.24) is 5.32 Å². The van der Waals surface area contributed by atoms with Crippen molar-refractivity contribution in [1.29, 1.82) is 0 Å². The van der Waals surface area contributed by atoms with E-state index in [9.17, 15) is 27.0 Å². The molecule has 10 heteroatoms. The molecule has 0 aromatic heterocycles. The molecule has 1 aliphatic rings. The van der Waals surface area contributed by atoms with Gasteiger partial charge in [-0.15, -0.1) is 0 Å². The fourth-order valence-corrected chi connectivity index (χ4v) is 3.23. The number of halogens is 3. The van der Waals surface area contributed by atoms with Gasteiger partial charge in [0.25, 0.3) is 11.3 Å². The van der Waals surface area contributed by atoms with E-state index in [1.165, 1.54) is 6.07 Å². The number of rotatable bonds is 3. The molecule has 2 unspecified atom stereocenters. The predicted octanol–water partition coefficient (Wildman–Crippen LogP) is 2.22. The third-order valence-corrected chi connectivity index (χ3v) is 4.36. The Hall–Kier alpha value is -2.10. The van der Waals surface area contributed by atoms with Gasteiger partial charge in [0.1, 0.15) is 5.88 Å². The van der Waals surface area contributed by atoms with Crippen LogP contribution in [0.3, 0.4) is 0 Å². The highest BCUT2D eigenvalue weighted by Crippen LogP contribution is 2.33. The highest BCUT2D eigenvalue weighted by atomic mass is 32.2. The molecule has 1 fully saturated rings. The smallest absolute Gasteiger partial charge is 0.416 e. The van der Waals surface area contributed by atoms with Crippen LogP contribution in [0.5, 0.6) is 0 Å². The van der Waals surface area contributed by atoms with Gasteiger partial charge in [0.15, 0.2) is 0 Å². The molecule has 6 nitrogen and oxygen atoms in total. The molecule has 0 aliphatic carbocycles. The number of alkyl halides is 3. The Labute approximate surface area is 138 Å². The first-order valence-corrected chi connectivity index (χ1v) is 8.31. The number of amides is 2. The molecule has 1 aromatic rings. The molecule has 0 bridgehead atoms. The van der Waals surface area contributed by atoms with Crippen LogP contribution >= 0.6 is 0 Å². The molecular weight excluding hydrogens is 349 g/mol. The molecule has 2 amide bonds. The third-order valence-electron chi connectivity index (χ3n) is 3.07. The Kier molecular flexibility index (Phi) is 5.16. The second kappa shape index (κ2) is 6.80. The van der Waals surface area contributed by atoms with Gasteiger partial charge in [-0.25, -0.2) is 4.79 Å². The summed E-state index contributed by atoms with van der Waals surface area (Å²) in [4.78, 5) is 24.7. The SMILES string of the molecule is CC(C)NC(=O)OC1C(=O)N(c2cccc(C(F)(F)F)c2)CS1=O. The summed E-state index contributed by atoms with van der Waals surface area (Å²) in [5.41, 5.74) is -2.53. The lowest BCUT2D eigenvalue weighted by molar-refractivity contribution is -0.137. The molecule has 1 heterocycles. The molecule has 2 rings (SSSR count). The zero-order valence-electron chi connectivity index (χ0n) is 12.8. The van der Waals surface area contributed by atoms with Crippen LogP contribution in [0.1, 0.15) is 19.4 Å². The molecule has 0 spiro atoms. The van der Waals surface area contributed by atoms with Crippen LogP contribution in [0.25, 0.3) is 0 Å². The van der Waals surface area contributed by atoms with Gasteiger partial charge >= 0.3 is 12.3 Å². The summed E-state index contributed by atoms with van der Waals surface area (Å²) in [6, 6.07) is 3.84. The van der Waals surface area contributed by atoms with E-state index in [-0.39, 0.29) is 17.6 Å². The van der Waals surface area contributed by atoms with Crippen molar-refractivity contribution >= 4 is 28.5 Å². The first-order chi connectivity index (χ1) is 11.1. The van der Waals surface area contributed by atoms with E-state index >= 15 is 0 Å². The Balaban J connectivity index is 2.18. The molecule has 1 saturated heterocycles. The molecule has 1 aromatic carbocycles. The Morgan fingerprint density at radius 3 is 2.67 bits per heavy atom. The molecule has 1 aliphatic heterocycles. The van der Waals surface area contributed by atoms with Crippen LogP contribution in [0.15, 0.2) is 24.3 Å². The quantitative estimate of drug-likeness (QED) is 0.892. The predicted molar refractivity (Wildman–Crippen MR) is 80.5 cm³/mol. The van der Waals surface area contributed by atoms with Gasteiger partial charge in [0.2, 0.25) is 0 Å². The normalized spacial score (nSPS) is 21.2. The number of nitrogens with zero attached hydrogens (tertiary/aromatic N) is 1. The van der Waals surface area contributed by atoms with Crippen molar-refractivity contribution in [2.45, 2.75) is 31.5 Å². The second-order valence-electron chi connectivity index (χ2n) is 5.36. The maximum atomic E-state index is 12.8. The average molecular weight is 364 g/mol. The van der Waals surface area contributed by atoms with Gasteiger partial charge in [-0.1, -0.05) is 6.07 Å². The summed E-state index contributed by atoms with van der Waals surface area (Å²) in [7, 11) is -1.87. The van der Waals surface area contributed by atoms with E-state index in [0.29, 0.717) is 0 Å². The number of benzene rings is 1. The summed E-state index contributed by atoms with van der Waals surface area (Å²) < 4.78 is 55.1. The van der Waals surface area contributed by atoms with Crippen molar-refractivity contribution in [3.05, 3.63) is 29.8 Å². The fourth-order valence-electron chi connectivity index (χ4n) is 2.02. The number of hydrogen-bond acceptors (Lipinski definition) is 4. The van der Waals surface area contributed by atoms with Crippen molar-refractivity contribution in [2.75, 3.05) is 10.8 Å². The van der Waals surface area contributed by atoms with Crippen LogP contribution in [0, 0.1) is 0 Å². The van der Waals surface area contributed by atoms with E-state index in [4.69, 9.17) is 4.74 Å². The highest BCUT2D eigenvalue weighted by Gasteiger charge is 2.42. The first kappa shape index (κ1) is 18.2. The van der Waals surface area contributed by atoms with Crippen molar-refractivity contribution < 1.29 is 31.7 Å². The lowest BCUT2D eigenvalue weighted by atomic mass is 10.2. The summed E-state index contributed by atoms with van der Waals surface area (Å²) in [5, 5.41) is 2.38. The number of ether oxygens (including phenoxy) is 1. The minimum Gasteiger partial charge on any atom is -0.422 e. The van der Waals surface area contributed by atoms with Gasteiger partial charge in [0, 0.05) is 11.7 Å². The maximum Gasteiger partial charge on any atom is 0.416 e. The van der Waals surface area contributed by atoms with Crippen molar-refractivity contribution in [2.24, 2.45) is 0 Å². The number of carbonyl (C=O) groups excluding carboxylic acids is 2. The first-order valence-electron chi connectivity index (χ1n) is 6.92. The average Bonchev–Trinajstić information content (AvgIpc) is 2.74. The van der Waals surface area contributed by atoms with E-state index in [2.05, 4.69) is 5.32 Å². The molecule has 24 heavy (non-hydrogen) atoms. The maximum absolute atomic E-state index is 12.8. The van der Waals surface area contributed by atoms with Gasteiger partial charge in [0.05, 0.1) is 16.4 Å². The number of nitrogens with one attached hydrogen (secondary N) is 1. The second-order valence-corrected chi connectivity index (χ2v) is 6.81. The summed E-state index contributed by atoms with van der Waals surface area (Å²) in [5.74, 6) is -1.17. The van der Waals surface area contributed by atoms with Crippen molar-refractivity contribution in [3.8, 4) is 0 Å². The zero-order chi connectivity index (χ0) is 18.1. The van der Waals surface area contributed by atoms with Crippen molar-refractivity contribution in [3.63, 3.8) is 0 Å². The summed E-state index contributed by atoms with van der Waals surface area (Å²) in [6.45, 7) is 3.34. The number of hydrogen-bond donors (Lipinski definition) is 1. The van der Waals surface area contributed by atoms with E-state index in [0.717, 1.165) is 23.1 Å². The van der Waals surface area contributed by atoms with E-state index in [1.807, 2.05) is 0 Å². The number of anilines is 1. The standard InChI is InChI=1S/C14H15F3N2O4S/c1-8(2)18-13(21)23-12-11(20)19(7-24(12)22)10-5-3-4-9(6-10)14(15,16)17/h3-6,8,12H,7H2,1-2H3,(H,18,21). The minimum atomic E-state index is -4.56. The highest BCUT2D eigenvalue weighted by molar-refractivity contribution is 7.87. The molecule has 132 valence electrons. The lowest BCUT2D eigenvalue weighted by Crippen LogP contribution is -2.38. The van der Waals surface area contributed by atoms with Gasteiger partial charge in [-0.3, -0.25) is 13.9 Å². The van der Waals surface area contributed by atoms with Crippen LogP contribution in [-0.4, -0.2) is 33.6 Å². The molecular formula is C14H15F3N2O4S. The van der Waals surface area contributed by atoms with Crippen LogP contribution in [0.4, 0.5) is 23.7 Å². The monoisotopic (exact) mass is 364 g/mol. The lowest BCUT2D eigenvalue weighted by Gasteiger charge is -2.17. The summed E-state index contributed by atoms with van der Waals surface area (Å²) in [6.07, 6.45) is -5.48. The van der Waals surface area contributed by atoms with Crippen LogP contribution in [0.2, 0.25) is 0 Å². The molecule has 2 atom stereocenters. The molecule has 0 radical (unpaired) electrons. The van der Waals surface area contributed by atoms with E-state index in [1.54, 1.807) is 13.8 Å². The summed E-state index contributed by atoms with van der Waals surface area (Å²) >= 11 is 0. The van der Waals surface area contributed by atoms with Crippen LogP contribution < -0.4 is 10.2 Å². The fraction of sp³-hybridized carbons (Fsp3) is 0.429. The van der Waals surface area contributed by atoms with Gasteiger partial charge in [-0.05, 0) is 32.0 Å².